The second-order valence-electron chi connectivity index (χ2n) is 5.84. The Labute approximate surface area is 144 Å². The zero-order valence-electron chi connectivity index (χ0n) is 14.4. The summed E-state index contributed by atoms with van der Waals surface area (Å²) in [6.45, 7) is 5.06. The first kappa shape index (κ1) is 18.3. The summed E-state index contributed by atoms with van der Waals surface area (Å²) >= 11 is 0. The van der Waals surface area contributed by atoms with Gasteiger partial charge in [0.05, 0.1) is 7.11 Å². The summed E-state index contributed by atoms with van der Waals surface area (Å²) in [4.78, 5) is 35.3. The Morgan fingerprint density at radius 2 is 1.92 bits per heavy atom. The highest BCUT2D eigenvalue weighted by molar-refractivity contribution is 6.00. The molecule has 0 aliphatic carbocycles. The number of rotatable bonds is 5. The van der Waals surface area contributed by atoms with Crippen LogP contribution >= 0.6 is 0 Å². The number of nitrogens with two attached hydrogens (primary N) is 1. The van der Waals surface area contributed by atoms with Crippen molar-refractivity contribution in [3.63, 3.8) is 0 Å². The standard InChI is InChI=1S/C17H20N2O6/c1-8(2)13(15(20)19-17(18)22)25-16(21)14-9(3)11-7-10(23-4)5-6-12(11)24-14/h5-8,13H,1-4H3,(H3,18,19,20,22). The van der Waals surface area contributed by atoms with Crippen molar-refractivity contribution in [3.8, 4) is 5.75 Å². The van der Waals surface area contributed by atoms with Gasteiger partial charge in [0.15, 0.2) is 6.10 Å². The molecule has 0 spiro atoms. The van der Waals surface area contributed by atoms with Crippen molar-refractivity contribution >= 4 is 28.9 Å². The predicted octanol–water partition coefficient (Wildman–Crippen LogP) is 2.13. The van der Waals surface area contributed by atoms with Crippen molar-refractivity contribution in [1.82, 2.24) is 5.32 Å². The lowest BCUT2D eigenvalue weighted by Crippen LogP contribution is -2.45. The van der Waals surface area contributed by atoms with Crippen LogP contribution in [0.5, 0.6) is 5.75 Å². The lowest BCUT2D eigenvalue weighted by Gasteiger charge is -2.19. The van der Waals surface area contributed by atoms with E-state index in [-0.39, 0.29) is 11.7 Å². The molecule has 8 nitrogen and oxygen atoms in total. The van der Waals surface area contributed by atoms with Crippen molar-refractivity contribution in [1.29, 1.82) is 0 Å². The highest BCUT2D eigenvalue weighted by Crippen LogP contribution is 2.29. The normalized spacial score (nSPS) is 12.0. The molecule has 1 heterocycles. The number of methoxy groups -OCH3 is 1. The highest BCUT2D eigenvalue weighted by Gasteiger charge is 2.30. The number of amides is 3. The number of hydrogen-bond donors (Lipinski definition) is 2. The number of ether oxygens (including phenoxy) is 2. The third-order valence-electron chi connectivity index (χ3n) is 3.67. The van der Waals surface area contributed by atoms with Gasteiger partial charge in [0.1, 0.15) is 11.3 Å². The lowest BCUT2D eigenvalue weighted by atomic mass is 10.1. The van der Waals surface area contributed by atoms with Crippen molar-refractivity contribution < 1.29 is 28.3 Å². The first-order chi connectivity index (χ1) is 11.7. The minimum Gasteiger partial charge on any atom is -0.497 e. The van der Waals surface area contributed by atoms with E-state index in [1.54, 1.807) is 39.0 Å². The molecule has 25 heavy (non-hydrogen) atoms. The SMILES string of the molecule is COc1ccc2oc(C(=O)OC(C(=O)NC(N)=O)C(C)C)c(C)c2c1. The molecule has 1 aromatic carbocycles. The molecule has 1 atom stereocenters. The quantitative estimate of drug-likeness (QED) is 0.798. The van der Waals surface area contributed by atoms with Gasteiger partial charge in [-0.1, -0.05) is 13.8 Å². The topological polar surface area (TPSA) is 121 Å². The monoisotopic (exact) mass is 348 g/mol. The van der Waals surface area contributed by atoms with Crippen molar-refractivity contribution in [2.24, 2.45) is 11.7 Å². The summed E-state index contributed by atoms with van der Waals surface area (Å²) in [5, 5.41) is 2.62. The van der Waals surface area contributed by atoms with E-state index >= 15 is 0 Å². The molecule has 2 rings (SSSR count). The van der Waals surface area contributed by atoms with Crippen LogP contribution in [-0.4, -0.2) is 31.1 Å². The molecule has 1 aromatic heterocycles. The van der Waals surface area contributed by atoms with E-state index in [1.165, 1.54) is 7.11 Å². The maximum Gasteiger partial charge on any atom is 0.375 e. The van der Waals surface area contributed by atoms with Crippen molar-refractivity contribution in [2.75, 3.05) is 7.11 Å². The number of benzene rings is 1. The molecule has 2 aromatic rings. The molecule has 8 heteroatoms. The van der Waals surface area contributed by atoms with E-state index in [0.717, 1.165) is 0 Å². The fraction of sp³-hybridized carbons (Fsp3) is 0.353. The molecule has 134 valence electrons. The van der Waals surface area contributed by atoms with Crippen LogP contribution < -0.4 is 15.8 Å². The Morgan fingerprint density at radius 1 is 1.24 bits per heavy atom. The molecule has 0 radical (unpaired) electrons. The summed E-state index contributed by atoms with van der Waals surface area (Å²) in [5.41, 5.74) is 5.99. The molecule has 0 aliphatic heterocycles. The molecular weight excluding hydrogens is 328 g/mol. The minimum atomic E-state index is -1.18. The number of carbonyl (C=O) groups excluding carboxylic acids is 3. The van der Waals surface area contributed by atoms with Crippen molar-refractivity contribution in [2.45, 2.75) is 26.9 Å². The number of carbonyl (C=O) groups is 3. The average Bonchev–Trinajstić information content (AvgIpc) is 2.87. The Morgan fingerprint density at radius 3 is 2.48 bits per heavy atom. The smallest absolute Gasteiger partial charge is 0.375 e. The van der Waals surface area contributed by atoms with Gasteiger partial charge < -0.3 is 19.6 Å². The number of furan rings is 1. The summed E-state index contributed by atoms with van der Waals surface area (Å²) < 4.78 is 15.9. The van der Waals surface area contributed by atoms with E-state index in [4.69, 9.17) is 19.6 Å². The fourth-order valence-corrected chi connectivity index (χ4v) is 2.38. The third kappa shape index (κ3) is 3.90. The molecule has 0 aliphatic rings. The van der Waals surface area contributed by atoms with Crippen LogP contribution in [0.2, 0.25) is 0 Å². The Hall–Kier alpha value is -3.03. The number of imide groups is 1. The molecule has 3 N–H and O–H groups in total. The number of aryl methyl sites for hydroxylation is 1. The van der Waals surface area contributed by atoms with Gasteiger partial charge in [-0.15, -0.1) is 0 Å². The largest absolute Gasteiger partial charge is 0.497 e. The van der Waals surface area contributed by atoms with E-state index < -0.39 is 24.0 Å². The Kier molecular flexibility index (Phi) is 5.31. The van der Waals surface area contributed by atoms with Gasteiger partial charge in [0.2, 0.25) is 5.76 Å². The zero-order chi connectivity index (χ0) is 18.7. The molecule has 0 bridgehead atoms. The van der Waals surface area contributed by atoms with Gasteiger partial charge in [-0.25, -0.2) is 9.59 Å². The van der Waals surface area contributed by atoms with Gasteiger partial charge in [-0.2, -0.15) is 0 Å². The highest BCUT2D eigenvalue weighted by atomic mass is 16.6. The molecule has 0 fully saturated rings. The zero-order valence-corrected chi connectivity index (χ0v) is 14.4. The number of hydrogen-bond acceptors (Lipinski definition) is 6. The predicted molar refractivity (Wildman–Crippen MR) is 89.3 cm³/mol. The maximum atomic E-state index is 12.5. The first-order valence-corrected chi connectivity index (χ1v) is 7.63. The van der Waals surface area contributed by atoms with Crippen LogP contribution in [0.4, 0.5) is 4.79 Å². The van der Waals surface area contributed by atoms with E-state index in [2.05, 4.69) is 0 Å². The second kappa shape index (κ2) is 7.25. The number of urea groups is 1. The van der Waals surface area contributed by atoms with Gasteiger partial charge >= 0.3 is 12.0 Å². The summed E-state index contributed by atoms with van der Waals surface area (Å²) in [5.74, 6) is -1.34. The summed E-state index contributed by atoms with van der Waals surface area (Å²) in [6, 6.07) is 4.11. The lowest BCUT2D eigenvalue weighted by molar-refractivity contribution is -0.131. The van der Waals surface area contributed by atoms with Crippen molar-refractivity contribution in [3.05, 3.63) is 29.5 Å². The molecular formula is C17H20N2O6. The molecule has 0 saturated carbocycles. The maximum absolute atomic E-state index is 12.5. The second-order valence-corrected chi connectivity index (χ2v) is 5.84. The minimum absolute atomic E-state index is 0.0132. The summed E-state index contributed by atoms with van der Waals surface area (Å²) in [7, 11) is 1.54. The van der Waals surface area contributed by atoms with Crippen LogP contribution in [-0.2, 0) is 9.53 Å². The molecule has 3 amide bonds. The molecule has 0 saturated heterocycles. The Bertz CT molecular complexity index is 824. The number of fused-ring (bicyclic) bond motifs is 1. The van der Waals surface area contributed by atoms with Gasteiger partial charge in [-0.05, 0) is 31.0 Å². The Balaban J connectivity index is 2.30. The number of nitrogens with one attached hydrogen (secondary N) is 1. The number of esters is 1. The van der Waals surface area contributed by atoms with Gasteiger partial charge in [0, 0.05) is 10.9 Å². The first-order valence-electron chi connectivity index (χ1n) is 7.63. The fourth-order valence-electron chi connectivity index (χ4n) is 2.38. The van der Waals surface area contributed by atoms with Crippen LogP contribution in [0.1, 0.15) is 30.0 Å². The van der Waals surface area contributed by atoms with Gasteiger partial charge in [0.25, 0.3) is 5.91 Å². The van der Waals surface area contributed by atoms with Gasteiger partial charge in [-0.3, -0.25) is 10.1 Å². The van der Waals surface area contributed by atoms with E-state index in [1.807, 2.05) is 5.32 Å². The van der Waals surface area contributed by atoms with Crippen LogP contribution in [0, 0.1) is 12.8 Å². The van der Waals surface area contributed by atoms with E-state index in [0.29, 0.717) is 22.3 Å². The van der Waals surface area contributed by atoms with Crippen LogP contribution in [0.3, 0.4) is 0 Å². The summed E-state index contributed by atoms with van der Waals surface area (Å²) in [6.07, 6.45) is -1.18. The van der Waals surface area contributed by atoms with E-state index in [9.17, 15) is 14.4 Å². The van der Waals surface area contributed by atoms with Crippen LogP contribution in [0.25, 0.3) is 11.0 Å². The van der Waals surface area contributed by atoms with Crippen LogP contribution in [0.15, 0.2) is 22.6 Å². The molecule has 1 unspecified atom stereocenters. The third-order valence-corrected chi connectivity index (χ3v) is 3.67. The average molecular weight is 348 g/mol. The number of primary amides is 1.